The van der Waals surface area contributed by atoms with Crippen LogP contribution in [0.5, 0.6) is 5.75 Å². The van der Waals surface area contributed by atoms with Gasteiger partial charge >= 0.3 is 0 Å². The summed E-state index contributed by atoms with van der Waals surface area (Å²) in [6.45, 7) is 0.0107. The molecule has 0 spiro atoms. The van der Waals surface area contributed by atoms with Crippen molar-refractivity contribution in [3.05, 3.63) is 100 Å². The van der Waals surface area contributed by atoms with E-state index in [1.807, 2.05) is 42.5 Å². The van der Waals surface area contributed by atoms with Crippen LogP contribution in [0.3, 0.4) is 0 Å². The van der Waals surface area contributed by atoms with E-state index in [-0.39, 0.29) is 31.0 Å². The number of nitrogens with one attached hydrogen (secondary N) is 1. The molecule has 5 nitrogen and oxygen atoms in total. The van der Waals surface area contributed by atoms with Crippen LogP contribution in [0.25, 0.3) is 0 Å². The molecule has 0 bridgehead atoms. The first-order valence-corrected chi connectivity index (χ1v) is 13.0. The Kier molecular flexibility index (Phi) is 9.26. The van der Waals surface area contributed by atoms with Crippen molar-refractivity contribution in [1.29, 1.82) is 0 Å². The highest BCUT2D eigenvalue weighted by Crippen LogP contribution is 2.24. The molecule has 4 rings (SSSR count). The molecule has 36 heavy (non-hydrogen) atoms. The lowest BCUT2D eigenvalue weighted by Gasteiger charge is -2.32. The molecule has 1 N–H and O–H groups in total. The van der Waals surface area contributed by atoms with E-state index in [2.05, 4.69) is 5.32 Å². The molecule has 7 heteroatoms. The minimum Gasteiger partial charge on any atom is -0.482 e. The molecule has 1 fully saturated rings. The van der Waals surface area contributed by atoms with Crippen molar-refractivity contribution in [2.45, 2.75) is 50.7 Å². The van der Waals surface area contributed by atoms with Crippen LogP contribution in [0.15, 0.2) is 78.9 Å². The number of halogens is 2. The van der Waals surface area contributed by atoms with Gasteiger partial charge in [0, 0.05) is 24.0 Å². The van der Waals surface area contributed by atoms with Gasteiger partial charge in [-0.2, -0.15) is 0 Å². The molecule has 188 valence electrons. The fourth-order valence-corrected chi connectivity index (χ4v) is 4.81. The molecule has 2 amide bonds. The third-order valence-corrected chi connectivity index (χ3v) is 6.99. The van der Waals surface area contributed by atoms with Gasteiger partial charge in [0.1, 0.15) is 11.8 Å². The number of hydrogen-bond acceptors (Lipinski definition) is 3. The van der Waals surface area contributed by atoms with Crippen molar-refractivity contribution in [2.75, 3.05) is 6.61 Å². The van der Waals surface area contributed by atoms with Gasteiger partial charge in [-0.25, -0.2) is 0 Å². The number of nitrogens with zero attached hydrogens (tertiary/aromatic N) is 1. The van der Waals surface area contributed by atoms with Gasteiger partial charge in [0.15, 0.2) is 6.61 Å². The average Bonchev–Trinajstić information content (AvgIpc) is 3.40. The third kappa shape index (κ3) is 7.25. The molecule has 1 aliphatic rings. The van der Waals surface area contributed by atoms with Crippen LogP contribution >= 0.6 is 23.2 Å². The first-order chi connectivity index (χ1) is 17.5. The largest absolute Gasteiger partial charge is 0.482 e. The number of para-hydroxylation sites is 1. The van der Waals surface area contributed by atoms with E-state index in [9.17, 15) is 9.59 Å². The maximum atomic E-state index is 13.6. The second kappa shape index (κ2) is 12.8. The van der Waals surface area contributed by atoms with E-state index in [4.69, 9.17) is 27.9 Å². The molecule has 0 saturated heterocycles. The standard InChI is InChI=1S/C29H30Cl2N2O3/c30-23-16-14-22(15-17-23)19-33(28(34)20-36-27-13-7-6-12-25(27)31)26(18-21-8-2-1-3-9-21)29(35)32-24-10-4-5-11-24/h1-3,6-9,12-17,24,26H,4-5,10-11,18-20H2,(H,32,35)/t26-/m0/s1. The molecule has 1 atom stereocenters. The van der Waals surface area contributed by atoms with E-state index >= 15 is 0 Å². The lowest BCUT2D eigenvalue weighted by atomic mass is 10.0. The van der Waals surface area contributed by atoms with Crippen LogP contribution in [0.1, 0.15) is 36.8 Å². The lowest BCUT2D eigenvalue weighted by Crippen LogP contribution is -2.53. The highest BCUT2D eigenvalue weighted by Gasteiger charge is 2.32. The number of ether oxygens (including phenoxy) is 1. The fraction of sp³-hybridized carbons (Fsp3) is 0.310. The summed E-state index contributed by atoms with van der Waals surface area (Å²) in [5.41, 5.74) is 1.85. The van der Waals surface area contributed by atoms with E-state index in [1.165, 1.54) is 0 Å². The Morgan fingerprint density at radius 3 is 2.25 bits per heavy atom. The summed E-state index contributed by atoms with van der Waals surface area (Å²) in [7, 11) is 0. The van der Waals surface area contributed by atoms with Crippen LogP contribution in [0.2, 0.25) is 10.0 Å². The number of hydrogen-bond donors (Lipinski definition) is 1. The zero-order valence-electron chi connectivity index (χ0n) is 20.0. The molecule has 0 aromatic heterocycles. The van der Waals surface area contributed by atoms with Gasteiger partial charge < -0.3 is 15.0 Å². The Morgan fingerprint density at radius 2 is 1.56 bits per heavy atom. The van der Waals surface area contributed by atoms with Crippen LogP contribution in [0, 0.1) is 0 Å². The second-order valence-corrected chi connectivity index (χ2v) is 9.91. The van der Waals surface area contributed by atoms with Crippen LogP contribution in [-0.2, 0) is 22.6 Å². The Hall–Kier alpha value is -3.02. The Labute approximate surface area is 222 Å². The SMILES string of the molecule is O=C(NC1CCCC1)[C@H](Cc1ccccc1)N(Cc1ccc(Cl)cc1)C(=O)COc1ccccc1Cl. The van der Waals surface area contributed by atoms with Crippen molar-refractivity contribution < 1.29 is 14.3 Å². The summed E-state index contributed by atoms with van der Waals surface area (Å²) >= 11 is 12.3. The quantitative estimate of drug-likeness (QED) is 0.350. The van der Waals surface area contributed by atoms with Crippen molar-refractivity contribution in [1.82, 2.24) is 10.2 Å². The smallest absolute Gasteiger partial charge is 0.261 e. The summed E-state index contributed by atoms with van der Waals surface area (Å²) in [6.07, 6.45) is 4.53. The molecular formula is C29H30Cl2N2O3. The first-order valence-electron chi connectivity index (χ1n) is 12.2. The summed E-state index contributed by atoms with van der Waals surface area (Å²) < 4.78 is 5.77. The highest BCUT2D eigenvalue weighted by atomic mass is 35.5. The monoisotopic (exact) mass is 524 g/mol. The van der Waals surface area contributed by atoms with Crippen LogP contribution in [0.4, 0.5) is 0 Å². The lowest BCUT2D eigenvalue weighted by molar-refractivity contribution is -0.143. The van der Waals surface area contributed by atoms with E-state index < -0.39 is 6.04 Å². The second-order valence-electron chi connectivity index (χ2n) is 9.06. The van der Waals surface area contributed by atoms with Gasteiger partial charge in [-0.15, -0.1) is 0 Å². The van der Waals surface area contributed by atoms with E-state index in [1.54, 1.807) is 41.3 Å². The summed E-state index contributed by atoms with van der Waals surface area (Å²) in [5.74, 6) is -0.0211. The Balaban J connectivity index is 1.61. The fourth-order valence-electron chi connectivity index (χ4n) is 4.49. The number of rotatable bonds is 10. The van der Waals surface area contributed by atoms with Gasteiger partial charge in [-0.3, -0.25) is 9.59 Å². The predicted octanol–water partition coefficient (Wildman–Crippen LogP) is 6.07. The Bertz CT molecular complexity index is 1150. The maximum absolute atomic E-state index is 13.6. The molecule has 3 aromatic carbocycles. The van der Waals surface area contributed by atoms with Crippen molar-refractivity contribution >= 4 is 35.0 Å². The molecule has 3 aromatic rings. The number of amides is 2. The van der Waals surface area contributed by atoms with Gasteiger partial charge in [0.05, 0.1) is 5.02 Å². The van der Waals surface area contributed by atoms with Crippen LogP contribution < -0.4 is 10.1 Å². The van der Waals surface area contributed by atoms with Crippen molar-refractivity contribution in [3.63, 3.8) is 0 Å². The normalized spacial score (nSPS) is 14.3. The van der Waals surface area contributed by atoms with Gasteiger partial charge in [-0.1, -0.05) is 90.6 Å². The number of carbonyl (C=O) groups is 2. The average molecular weight is 525 g/mol. The minimum atomic E-state index is -0.703. The molecular weight excluding hydrogens is 495 g/mol. The third-order valence-electron chi connectivity index (χ3n) is 6.43. The van der Waals surface area contributed by atoms with E-state index in [0.717, 1.165) is 36.8 Å². The first kappa shape index (κ1) is 26.1. The minimum absolute atomic E-state index is 0.141. The number of benzene rings is 3. The van der Waals surface area contributed by atoms with Gasteiger partial charge in [0.25, 0.3) is 5.91 Å². The van der Waals surface area contributed by atoms with E-state index in [0.29, 0.717) is 22.2 Å². The summed E-state index contributed by atoms with van der Waals surface area (Å²) in [5, 5.41) is 4.23. The van der Waals surface area contributed by atoms with Crippen LogP contribution in [-0.4, -0.2) is 35.4 Å². The summed E-state index contributed by atoms with van der Waals surface area (Å²) in [4.78, 5) is 28.9. The maximum Gasteiger partial charge on any atom is 0.261 e. The molecule has 0 unspecified atom stereocenters. The number of carbonyl (C=O) groups excluding carboxylic acids is 2. The molecule has 1 aliphatic carbocycles. The molecule has 0 radical (unpaired) electrons. The molecule has 0 heterocycles. The van der Waals surface area contributed by atoms with Crippen molar-refractivity contribution in [3.8, 4) is 5.75 Å². The Morgan fingerprint density at radius 1 is 0.889 bits per heavy atom. The van der Waals surface area contributed by atoms with Gasteiger partial charge in [0.2, 0.25) is 5.91 Å². The predicted molar refractivity (Wildman–Crippen MR) is 143 cm³/mol. The zero-order valence-corrected chi connectivity index (χ0v) is 21.5. The zero-order chi connectivity index (χ0) is 25.3. The van der Waals surface area contributed by atoms with Crippen molar-refractivity contribution in [2.24, 2.45) is 0 Å². The molecule has 1 saturated carbocycles. The highest BCUT2D eigenvalue weighted by molar-refractivity contribution is 6.32. The summed E-state index contributed by atoms with van der Waals surface area (Å²) in [6, 6.07) is 23.5. The molecule has 0 aliphatic heterocycles. The topological polar surface area (TPSA) is 58.6 Å². The van der Waals surface area contributed by atoms with Gasteiger partial charge in [-0.05, 0) is 48.2 Å².